The molecule has 7 nitrogen and oxygen atoms in total. The largest absolute Gasteiger partial charge is 0.461 e. The third-order valence-electron chi connectivity index (χ3n) is 8.08. The molecule has 36 heavy (non-hydrogen) atoms. The summed E-state index contributed by atoms with van der Waals surface area (Å²) in [7, 11) is 0. The second-order valence-corrected chi connectivity index (χ2v) is 9.89. The number of halogens is 1. The van der Waals surface area contributed by atoms with E-state index >= 15 is 0 Å². The van der Waals surface area contributed by atoms with Crippen LogP contribution in [-0.2, 0) is 19.1 Å². The third kappa shape index (κ3) is 2.17. The molecule has 2 bridgehead atoms. The second-order valence-electron chi connectivity index (χ2n) is 9.45. The number of anilines is 1. The normalized spacial score (nSPS) is 28.6. The average molecular weight is 498 g/mol. The van der Waals surface area contributed by atoms with Gasteiger partial charge in [-0.2, -0.15) is 5.10 Å². The SMILES string of the molecule is CCOC(=O)C1=NNC23C(=O)N(c4ccc(Cl)cc4)C(=O)C12C1c2ccccc2C3c2ccccc21. The summed E-state index contributed by atoms with van der Waals surface area (Å²) in [6, 6.07) is 22.2. The summed E-state index contributed by atoms with van der Waals surface area (Å²) in [6.07, 6.45) is 0. The summed E-state index contributed by atoms with van der Waals surface area (Å²) in [6.45, 7) is 1.82. The predicted octanol–water partition coefficient (Wildman–Crippen LogP) is 3.75. The third-order valence-corrected chi connectivity index (χ3v) is 8.33. The van der Waals surface area contributed by atoms with E-state index in [1.807, 2.05) is 48.5 Å². The van der Waals surface area contributed by atoms with Crippen LogP contribution in [0.2, 0.25) is 5.02 Å². The van der Waals surface area contributed by atoms with Crippen molar-refractivity contribution in [2.24, 2.45) is 10.5 Å². The second kappa shape index (κ2) is 7.04. The first-order valence-corrected chi connectivity index (χ1v) is 12.2. The zero-order valence-electron chi connectivity index (χ0n) is 19.2. The molecule has 2 unspecified atom stereocenters. The quantitative estimate of drug-likeness (QED) is 0.440. The molecule has 1 fully saturated rings. The van der Waals surface area contributed by atoms with Gasteiger partial charge in [-0.3, -0.25) is 15.0 Å². The molecule has 0 aromatic heterocycles. The number of nitrogens with zero attached hydrogens (tertiary/aromatic N) is 2. The molecule has 0 saturated carbocycles. The van der Waals surface area contributed by atoms with E-state index in [0.717, 1.165) is 22.3 Å². The Morgan fingerprint density at radius 3 is 2.03 bits per heavy atom. The first kappa shape index (κ1) is 21.3. The van der Waals surface area contributed by atoms with Gasteiger partial charge >= 0.3 is 5.97 Å². The fourth-order valence-electron chi connectivity index (χ4n) is 6.91. The topological polar surface area (TPSA) is 88.1 Å². The van der Waals surface area contributed by atoms with Crippen molar-refractivity contribution < 1.29 is 19.1 Å². The fourth-order valence-corrected chi connectivity index (χ4v) is 7.04. The molecule has 0 spiro atoms. The van der Waals surface area contributed by atoms with Gasteiger partial charge in [0.05, 0.1) is 12.3 Å². The van der Waals surface area contributed by atoms with Crippen LogP contribution < -0.4 is 10.3 Å². The standard InChI is InChI=1S/C28H20ClN3O4/c1-2-36-24(33)23-27-21-17-7-3-5-9-19(17)22(20-10-6-4-8-18(20)21)28(27,31-30-23)26(35)32(25(27)34)16-13-11-15(29)12-14-16/h3-14,21-22,31H,2H2,1H3. The molecule has 2 heterocycles. The highest BCUT2D eigenvalue weighted by Gasteiger charge is 2.85. The van der Waals surface area contributed by atoms with Gasteiger partial charge in [-0.15, -0.1) is 0 Å². The van der Waals surface area contributed by atoms with Gasteiger partial charge in [0, 0.05) is 16.9 Å². The van der Waals surface area contributed by atoms with Crippen LogP contribution in [0.1, 0.15) is 41.0 Å². The Morgan fingerprint density at radius 1 is 0.917 bits per heavy atom. The Bertz CT molecular complexity index is 1490. The number of ether oxygens (including phenoxy) is 1. The van der Waals surface area contributed by atoms with Crippen LogP contribution in [0.25, 0.3) is 0 Å². The molecule has 178 valence electrons. The van der Waals surface area contributed by atoms with E-state index < -0.39 is 40.6 Å². The fraction of sp³-hybridized carbons (Fsp3) is 0.214. The summed E-state index contributed by atoms with van der Waals surface area (Å²) >= 11 is 6.10. The number of hydrazone groups is 1. The molecule has 3 aromatic rings. The van der Waals surface area contributed by atoms with Crippen molar-refractivity contribution in [3.63, 3.8) is 0 Å². The van der Waals surface area contributed by atoms with Crippen molar-refractivity contribution in [3.8, 4) is 0 Å². The Kier molecular flexibility index (Phi) is 4.17. The van der Waals surface area contributed by atoms with Crippen LogP contribution in [0.15, 0.2) is 77.9 Å². The van der Waals surface area contributed by atoms with Crippen LogP contribution in [0.3, 0.4) is 0 Å². The zero-order chi connectivity index (χ0) is 24.8. The van der Waals surface area contributed by atoms with Crippen LogP contribution in [0, 0.1) is 5.41 Å². The average Bonchev–Trinajstić information content (AvgIpc) is 3.36. The number of carbonyl (C=O) groups is 3. The Morgan fingerprint density at radius 2 is 1.47 bits per heavy atom. The lowest BCUT2D eigenvalue weighted by Gasteiger charge is -2.55. The Labute approximate surface area is 211 Å². The number of carbonyl (C=O) groups excluding carboxylic acids is 3. The number of rotatable bonds is 3. The number of amides is 2. The maximum absolute atomic E-state index is 14.7. The van der Waals surface area contributed by atoms with E-state index in [-0.39, 0.29) is 12.3 Å². The number of imide groups is 1. The summed E-state index contributed by atoms with van der Waals surface area (Å²) in [5.74, 6) is -2.79. The van der Waals surface area contributed by atoms with E-state index in [4.69, 9.17) is 16.3 Å². The molecule has 2 aliphatic heterocycles. The van der Waals surface area contributed by atoms with Crippen molar-refractivity contribution in [2.75, 3.05) is 11.5 Å². The minimum atomic E-state index is -1.61. The van der Waals surface area contributed by atoms with Crippen LogP contribution >= 0.6 is 11.6 Å². The molecule has 1 N–H and O–H groups in total. The highest BCUT2D eigenvalue weighted by molar-refractivity contribution is 6.50. The maximum atomic E-state index is 14.7. The molecule has 5 aliphatic rings. The molecule has 2 amide bonds. The smallest absolute Gasteiger partial charge is 0.355 e. The van der Waals surface area contributed by atoms with Crippen molar-refractivity contribution in [3.05, 3.63) is 100 Å². The number of hydrogen-bond acceptors (Lipinski definition) is 6. The van der Waals surface area contributed by atoms with Crippen molar-refractivity contribution in [2.45, 2.75) is 24.3 Å². The minimum absolute atomic E-state index is 0.0573. The van der Waals surface area contributed by atoms with E-state index in [1.165, 1.54) is 4.90 Å². The molecule has 8 heteroatoms. The van der Waals surface area contributed by atoms with Gasteiger partial charge in [0.2, 0.25) is 0 Å². The molecule has 1 saturated heterocycles. The summed E-state index contributed by atoms with van der Waals surface area (Å²) in [5.41, 5.74) is 4.00. The van der Waals surface area contributed by atoms with Gasteiger partial charge in [0.15, 0.2) is 11.3 Å². The molecule has 0 radical (unpaired) electrons. The minimum Gasteiger partial charge on any atom is -0.461 e. The van der Waals surface area contributed by atoms with Gasteiger partial charge in [-0.25, -0.2) is 9.69 Å². The van der Waals surface area contributed by atoms with E-state index in [0.29, 0.717) is 10.7 Å². The lowest BCUT2D eigenvalue weighted by Crippen LogP contribution is -2.69. The van der Waals surface area contributed by atoms with Gasteiger partial charge in [0.25, 0.3) is 11.8 Å². The maximum Gasteiger partial charge on any atom is 0.355 e. The molecule has 8 rings (SSSR count). The van der Waals surface area contributed by atoms with Gasteiger partial charge < -0.3 is 4.74 Å². The number of hydrogen-bond donors (Lipinski definition) is 1. The summed E-state index contributed by atoms with van der Waals surface area (Å²) in [5, 5.41) is 4.90. The molecule has 2 atom stereocenters. The molecule has 3 aliphatic carbocycles. The lowest BCUT2D eigenvalue weighted by molar-refractivity contribution is -0.137. The van der Waals surface area contributed by atoms with Crippen molar-refractivity contribution >= 4 is 40.8 Å². The first-order chi connectivity index (χ1) is 17.5. The van der Waals surface area contributed by atoms with Crippen molar-refractivity contribution in [1.82, 2.24) is 5.43 Å². The lowest BCUT2D eigenvalue weighted by atomic mass is 9.43. The molecular formula is C28H20ClN3O4. The highest BCUT2D eigenvalue weighted by atomic mass is 35.5. The first-order valence-electron chi connectivity index (χ1n) is 11.8. The van der Waals surface area contributed by atoms with E-state index in [9.17, 15) is 14.4 Å². The summed E-state index contributed by atoms with van der Waals surface area (Å²) in [4.78, 5) is 43.8. The van der Waals surface area contributed by atoms with Crippen LogP contribution in [-0.4, -0.2) is 35.6 Å². The van der Waals surface area contributed by atoms with E-state index in [1.54, 1.807) is 31.2 Å². The number of benzene rings is 3. The van der Waals surface area contributed by atoms with Crippen molar-refractivity contribution in [1.29, 1.82) is 0 Å². The zero-order valence-corrected chi connectivity index (χ0v) is 20.0. The Balaban J connectivity index is 1.59. The monoisotopic (exact) mass is 497 g/mol. The highest BCUT2D eigenvalue weighted by Crippen LogP contribution is 2.71. The molecule has 3 aromatic carbocycles. The predicted molar refractivity (Wildman–Crippen MR) is 133 cm³/mol. The van der Waals surface area contributed by atoms with Crippen LogP contribution in [0.5, 0.6) is 0 Å². The number of nitrogens with one attached hydrogen (secondary N) is 1. The summed E-state index contributed by atoms with van der Waals surface area (Å²) < 4.78 is 5.39. The van der Waals surface area contributed by atoms with Gasteiger partial charge in [-0.1, -0.05) is 60.1 Å². The molecular weight excluding hydrogens is 478 g/mol. The van der Waals surface area contributed by atoms with Gasteiger partial charge in [-0.05, 0) is 53.4 Å². The number of esters is 1. The van der Waals surface area contributed by atoms with Gasteiger partial charge in [0.1, 0.15) is 5.41 Å². The van der Waals surface area contributed by atoms with Crippen LogP contribution in [0.4, 0.5) is 5.69 Å². The van der Waals surface area contributed by atoms with E-state index in [2.05, 4.69) is 10.5 Å². The Hall–Kier alpha value is -3.97.